The molecule has 0 amide bonds. The van der Waals surface area contributed by atoms with E-state index in [1.165, 1.54) is 0 Å². The van der Waals surface area contributed by atoms with E-state index in [4.69, 9.17) is 23.2 Å². The summed E-state index contributed by atoms with van der Waals surface area (Å²) in [5, 5.41) is 0.914. The van der Waals surface area contributed by atoms with Gasteiger partial charge in [0.05, 0.1) is 21.3 Å². The predicted molar refractivity (Wildman–Crippen MR) is 86.6 cm³/mol. The summed E-state index contributed by atoms with van der Waals surface area (Å²) in [6, 6.07) is 5.18. The third kappa shape index (κ3) is 3.25. The summed E-state index contributed by atoms with van der Waals surface area (Å²) in [5.74, 6) is 0.777. The Morgan fingerprint density at radius 3 is 2.45 bits per heavy atom. The number of nitrogens with zero attached hydrogens (tertiary/aromatic N) is 1. The Hall–Kier alpha value is -0.840. The SMILES string of the molecule is CC(C)Cc1nc(-c2c(Cl)cccc2Cl)[nH]c(=O)c1Br. The average molecular weight is 376 g/mol. The van der Waals surface area contributed by atoms with Gasteiger partial charge in [0.2, 0.25) is 0 Å². The number of aromatic nitrogens is 2. The van der Waals surface area contributed by atoms with E-state index in [0.717, 1.165) is 0 Å². The number of rotatable bonds is 3. The number of benzene rings is 1. The lowest BCUT2D eigenvalue weighted by Gasteiger charge is -2.10. The molecule has 6 heteroatoms. The van der Waals surface area contributed by atoms with Crippen molar-refractivity contribution in [1.82, 2.24) is 9.97 Å². The van der Waals surface area contributed by atoms with Gasteiger partial charge < -0.3 is 4.98 Å². The molecule has 1 aromatic carbocycles. The third-order valence-electron chi connectivity index (χ3n) is 2.73. The van der Waals surface area contributed by atoms with Gasteiger partial charge in [0.15, 0.2) is 0 Å². The van der Waals surface area contributed by atoms with Crippen LogP contribution >= 0.6 is 39.1 Å². The summed E-state index contributed by atoms with van der Waals surface area (Å²) in [5.41, 5.74) is 1.02. The normalized spacial score (nSPS) is 11.1. The number of halogens is 3. The molecule has 0 unspecified atom stereocenters. The number of hydrogen-bond acceptors (Lipinski definition) is 2. The van der Waals surface area contributed by atoms with Gasteiger partial charge in [-0.2, -0.15) is 0 Å². The van der Waals surface area contributed by atoms with Gasteiger partial charge in [-0.1, -0.05) is 43.1 Å². The molecule has 0 aliphatic rings. The Morgan fingerprint density at radius 1 is 1.30 bits per heavy atom. The number of nitrogens with one attached hydrogen (secondary N) is 1. The minimum atomic E-state index is -0.235. The highest BCUT2D eigenvalue weighted by Gasteiger charge is 2.15. The lowest BCUT2D eigenvalue weighted by Crippen LogP contribution is -2.15. The van der Waals surface area contributed by atoms with Crippen molar-refractivity contribution in [3.8, 4) is 11.4 Å². The zero-order valence-electron chi connectivity index (χ0n) is 11.0. The Kier molecular flexibility index (Phi) is 4.89. The molecule has 1 heterocycles. The molecule has 0 fully saturated rings. The molecule has 0 saturated carbocycles. The van der Waals surface area contributed by atoms with E-state index in [1.807, 2.05) is 0 Å². The van der Waals surface area contributed by atoms with Gasteiger partial charge in [-0.05, 0) is 40.4 Å². The first-order valence-corrected chi connectivity index (χ1v) is 7.68. The first-order chi connectivity index (χ1) is 9.40. The van der Waals surface area contributed by atoms with Crippen molar-refractivity contribution < 1.29 is 0 Å². The molecule has 1 aromatic heterocycles. The molecule has 2 rings (SSSR count). The van der Waals surface area contributed by atoms with Crippen molar-refractivity contribution in [2.75, 3.05) is 0 Å². The zero-order valence-corrected chi connectivity index (χ0v) is 14.1. The smallest absolute Gasteiger partial charge is 0.265 e. The minimum absolute atomic E-state index is 0.235. The van der Waals surface area contributed by atoms with Gasteiger partial charge >= 0.3 is 0 Å². The van der Waals surface area contributed by atoms with Crippen molar-refractivity contribution in [3.05, 3.63) is 48.8 Å². The zero-order chi connectivity index (χ0) is 14.9. The number of H-pyrrole nitrogens is 1. The first-order valence-electron chi connectivity index (χ1n) is 6.13. The van der Waals surface area contributed by atoms with Crippen molar-refractivity contribution in [1.29, 1.82) is 0 Å². The van der Waals surface area contributed by atoms with E-state index in [0.29, 0.717) is 43.9 Å². The van der Waals surface area contributed by atoms with Crippen LogP contribution < -0.4 is 5.56 Å². The summed E-state index contributed by atoms with van der Waals surface area (Å²) in [6.07, 6.45) is 0.694. The van der Waals surface area contributed by atoms with Crippen LogP contribution in [0.3, 0.4) is 0 Å². The van der Waals surface area contributed by atoms with Crippen molar-refractivity contribution in [2.45, 2.75) is 20.3 Å². The van der Waals surface area contributed by atoms with Crippen LogP contribution in [0, 0.1) is 5.92 Å². The van der Waals surface area contributed by atoms with E-state index < -0.39 is 0 Å². The molecule has 3 nitrogen and oxygen atoms in total. The van der Waals surface area contributed by atoms with E-state index in [2.05, 4.69) is 39.7 Å². The Morgan fingerprint density at radius 2 is 1.90 bits per heavy atom. The van der Waals surface area contributed by atoms with E-state index >= 15 is 0 Å². The Bertz CT molecular complexity index is 678. The van der Waals surface area contributed by atoms with Gasteiger partial charge in [-0.25, -0.2) is 4.98 Å². The molecule has 0 bridgehead atoms. The van der Waals surface area contributed by atoms with Gasteiger partial charge in [0, 0.05) is 0 Å². The number of aromatic amines is 1. The second kappa shape index (κ2) is 6.29. The highest BCUT2D eigenvalue weighted by molar-refractivity contribution is 9.10. The van der Waals surface area contributed by atoms with Crippen LogP contribution in [0.1, 0.15) is 19.5 Å². The molecule has 0 saturated heterocycles. The molecule has 2 aromatic rings. The standard InChI is InChI=1S/C14H13BrCl2N2O/c1-7(2)6-10-12(15)14(20)19-13(18-10)11-8(16)4-3-5-9(11)17/h3-5,7H,6H2,1-2H3,(H,18,19,20). The highest BCUT2D eigenvalue weighted by atomic mass is 79.9. The fourth-order valence-corrected chi connectivity index (χ4v) is 2.80. The van der Waals surface area contributed by atoms with Gasteiger partial charge in [0.25, 0.3) is 5.56 Å². The van der Waals surface area contributed by atoms with Crippen LogP contribution in [-0.4, -0.2) is 9.97 Å². The third-order valence-corrected chi connectivity index (χ3v) is 4.18. The molecular weight excluding hydrogens is 363 g/mol. The highest BCUT2D eigenvalue weighted by Crippen LogP contribution is 2.32. The van der Waals surface area contributed by atoms with Crippen LogP contribution in [0.5, 0.6) is 0 Å². The second-order valence-corrected chi connectivity index (χ2v) is 6.48. The van der Waals surface area contributed by atoms with Crippen LogP contribution in [0.25, 0.3) is 11.4 Å². The second-order valence-electron chi connectivity index (χ2n) is 4.87. The van der Waals surface area contributed by atoms with Crippen LogP contribution in [0.4, 0.5) is 0 Å². The van der Waals surface area contributed by atoms with Gasteiger partial charge in [0.1, 0.15) is 10.3 Å². The summed E-state index contributed by atoms with van der Waals surface area (Å²) < 4.78 is 0.457. The lowest BCUT2D eigenvalue weighted by atomic mass is 10.1. The topological polar surface area (TPSA) is 45.8 Å². The fourth-order valence-electron chi connectivity index (χ4n) is 1.87. The van der Waals surface area contributed by atoms with Gasteiger partial charge in [-0.15, -0.1) is 0 Å². The van der Waals surface area contributed by atoms with E-state index in [-0.39, 0.29) is 5.56 Å². The van der Waals surface area contributed by atoms with Crippen LogP contribution in [0.15, 0.2) is 27.5 Å². The molecule has 1 N–H and O–H groups in total. The molecule has 0 radical (unpaired) electrons. The molecule has 20 heavy (non-hydrogen) atoms. The van der Waals surface area contributed by atoms with Crippen molar-refractivity contribution in [2.24, 2.45) is 5.92 Å². The maximum atomic E-state index is 12.0. The molecule has 0 aliphatic heterocycles. The largest absolute Gasteiger partial charge is 0.305 e. The summed E-state index contributed by atoms with van der Waals surface area (Å²) in [4.78, 5) is 19.2. The number of hydrogen-bond donors (Lipinski definition) is 1. The summed E-state index contributed by atoms with van der Waals surface area (Å²) in [6.45, 7) is 4.13. The summed E-state index contributed by atoms with van der Waals surface area (Å²) in [7, 11) is 0. The molecule has 106 valence electrons. The van der Waals surface area contributed by atoms with Crippen LogP contribution in [-0.2, 0) is 6.42 Å². The summed E-state index contributed by atoms with van der Waals surface area (Å²) >= 11 is 15.6. The van der Waals surface area contributed by atoms with Crippen molar-refractivity contribution >= 4 is 39.1 Å². The first kappa shape index (κ1) is 15.5. The fraction of sp³-hybridized carbons (Fsp3) is 0.286. The minimum Gasteiger partial charge on any atom is -0.305 e. The molecule has 0 aliphatic carbocycles. The molecule has 0 atom stereocenters. The van der Waals surface area contributed by atoms with Crippen molar-refractivity contribution in [3.63, 3.8) is 0 Å². The molecule has 0 spiro atoms. The van der Waals surface area contributed by atoms with E-state index in [9.17, 15) is 4.79 Å². The quantitative estimate of drug-likeness (QED) is 0.844. The monoisotopic (exact) mass is 374 g/mol. The van der Waals surface area contributed by atoms with Crippen LogP contribution in [0.2, 0.25) is 10.0 Å². The van der Waals surface area contributed by atoms with E-state index in [1.54, 1.807) is 18.2 Å². The predicted octanol–water partition coefficient (Wildman–Crippen LogP) is 4.70. The Labute approximate surface area is 135 Å². The maximum Gasteiger partial charge on any atom is 0.265 e. The Balaban J connectivity index is 2.64. The van der Waals surface area contributed by atoms with Gasteiger partial charge in [-0.3, -0.25) is 4.79 Å². The lowest BCUT2D eigenvalue weighted by molar-refractivity contribution is 0.631. The molecular formula is C14H13BrCl2N2O. The average Bonchev–Trinajstić information content (AvgIpc) is 2.34. The maximum absolute atomic E-state index is 12.0.